The van der Waals surface area contributed by atoms with E-state index < -0.39 is 0 Å². The van der Waals surface area contributed by atoms with E-state index in [-0.39, 0.29) is 5.41 Å². The Bertz CT molecular complexity index is 432. The number of ether oxygens (including phenoxy) is 1. The zero-order valence-electron chi connectivity index (χ0n) is 10.1. The normalized spacial score (nSPS) is 31.4. The topological polar surface area (TPSA) is 24.5 Å². The van der Waals surface area contributed by atoms with Crippen molar-refractivity contribution in [1.29, 1.82) is 0 Å². The summed E-state index contributed by atoms with van der Waals surface area (Å²) in [5.41, 5.74) is 3.01. The second-order valence-electron chi connectivity index (χ2n) is 5.02. The third kappa shape index (κ3) is 1.07. The molecule has 16 heavy (non-hydrogen) atoms. The Labute approximate surface area is 96.4 Å². The monoisotopic (exact) mass is 218 g/mol. The molecule has 86 valence electrons. The van der Waals surface area contributed by atoms with Crippen molar-refractivity contribution in [2.45, 2.75) is 24.9 Å². The molecule has 0 aliphatic carbocycles. The molecule has 0 radical (unpaired) electrons. The number of hydrogen-bond acceptors (Lipinski definition) is 3. The van der Waals surface area contributed by atoms with Crippen LogP contribution in [-0.2, 0) is 5.41 Å². The number of nitrogens with zero attached hydrogens (tertiary/aromatic N) is 1. The molecule has 1 fully saturated rings. The third-order valence-corrected chi connectivity index (χ3v) is 4.17. The number of nitrogens with one attached hydrogen (secondary N) is 1. The number of anilines is 1. The van der Waals surface area contributed by atoms with Crippen LogP contribution < -0.4 is 15.0 Å². The molecular weight excluding hydrogens is 200 g/mol. The van der Waals surface area contributed by atoms with Crippen LogP contribution in [0.1, 0.15) is 18.9 Å². The van der Waals surface area contributed by atoms with Crippen LogP contribution in [0.15, 0.2) is 18.2 Å². The first-order valence-corrected chi connectivity index (χ1v) is 5.81. The molecule has 0 unspecified atom stereocenters. The summed E-state index contributed by atoms with van der Waals surface area (Å²) in [6.45, 7) is 3.46. The van der Waals surface area contributed by atoms with E-state index in [0.717, 1.165) is 12.3 Å². The van der Waals surface area contributed by atoms with Crippen molar-refractivity contribution in [3.05, 3.63) is 23.8 Å². The van der Waals surface area contributed by atoms with E-state index >= 15 is 0 Å². The molecule has 3 nitrogen and oxygen atoms in total. The minimum atomic E-state index is 0.260. The fraction of sp³-hybridized carbons (Fsp3) is 0.538. The molecule has 2 aliphatic heterocycles. The standard InChI is InChI=1S/C13H18N2O/c1-13-6-7-14-12(13)15(2)11-8-9(16-3)4-5-10(11)13/h4-5,8,12,14H,6-7H2,1-3H3/t12-,13+/m0/s1. The zero-order chi connectivity index (χ0) is 11.3. The predicted molar refractivity (Wildman–Crippen MR) is 65.2 cm³/mol. The van der Waals surface area contributed by atoms with Crippen molar-refractivity contribution in [1.82, 2.24) is 5.32 Å². The number of likely N-dealkylation sites (N-methyl/N-ethyl adjacent to an activating group) is 1. The summed E-state index contributed by atoms with van der Waals surface area (Å²) in [6, 6.07) is 6.43. The number of fused-ring (bicyclic) bond motifs is 3. The average molecular weight is 218 g/mol. The van der Waals surface area contributed by atoms with Crippen LogP contribution in [0.25, 0.3) is 0 Å². The van der Waals surface area contributed by atoms with E-state index in [1.54, 1.807) is 7.11 Å². The lowest BCUT2D eigenvalue weighted by Gasteiger charge is -2.27. The highest BCUT2D eigenvalue weighted by molar-refractivity contribution is 5.66. The maximum Gasteiger partial charge on any atom is 0.120 e. The van der Waals surface area contributed by atoms with E-state index in [4.69, 9.17) is 4.74 Å². The van der Waals surface area contributed by atoms with Crippen molar-refractivity contribution < 1.29 is 4.74 Å². The Kier molecular flexibility index (Phi) is 1.96. The minimum Gasteiger partial charge on any atom is -0.497 e. The maximum absolute atomic E-state index is 5.30. The van der Waals surface area contributed by atoms with E-state index in [9.17, 15) is 0 Å². The molecule has 0 aromatic heterocycles. The molecule has 0 bridgehead atoms. The summed E-state index contributed by atoms with van der Waals surface area (Å²) in [6.07, 6.45) is 1.65. The molecule has 1 saturated heterocycles. The van der Waals surface area contributed by atoms with Crippen molar-refractivity contribution >= 4 is 5.69 Å². The highest BCUT2D eigenvalue weighted by atomic mass is 16.5. The lowest BCUT2D eigenvalue weighted by Crippen LogP contribution is -2.44. The molecule has 0 amide bonds. The van der Waals surface area contributed by atoms with Gasteiger partial charge in [0.2, 0.25) is 0 Å². The summed E-state index contributed by atoms with van der Waals surface area (Å²) in [5.74, 6) is 0.939. The highest BCUT2D eigenvalue weighted by Crippen LogP contribution is 2.48. The Morgan fingerprint density at radius 1 is 1.50 bits per heavy atom. The molecule has 0 saturated carbocycles. The first kappa shape index (κ1) is 9.97. The van der Waals surface area contributed by atoms with Gasteiger partial charge in [-0.05, 0) is 24.6 Å². The molecule has 0 spiro atoms. The van der Waals surface area contributed by atoms with Crippen molar-refractivity contribution in [2.75, 3.05) is 25.6 Å². The van der Waals surface area contributed by atoms with Crippen LogP contribution in [0.3, 0.4) is 0 Å². The van der Waals surface area contributed by atoms with E-state index in [0.29, 0.717) is 6.17 Å². The second kappa shape index (κ2) is 3.14. The molecule has 3 rings (SSSR count). The fourth-order valence-corrected chi connectivity index (χ4v) is 3.23. The number of benzene rings is 1. The van der Waals surface area contributed by atoms with Crippen LogP contribution >= 0.6 is 0 Å². The average Bonchev–Trinajstić information content (AvgIpc) is 2.77. The first-order chi connectivity index (χ1) is 7.66. The highest BCUT2D eigenvalue weighted by Gasteiger charge is 2.49. The summed E-state index contributed by atoms with van der Waals surface area (Å²) in [5, 5.41) is 3.58. The molecule has 2 aliphatic rings. The van der Waals surface area contributed by atoms with Crippen molar-refractivity contribution in [3.63, 3.8) is 0 Å². The van der Waals surface area contributed by atoms with Gasteiger partial charge in [-0.15, -0.1) is 0 Å². The van der Waals surface area contributed by atoms with Gasteiger partial charge in [-0.3, -0.25) is 5.32 Å². The van der Waals surface area contributed by atoms with Gasteiger partial charge >= 0.3 is 0 Å². The van der Waals surface area contributed by atoms with Gasteiger partial charge in [-0.25, -0.2) is 0 Å². The largest absolute Gasteiger partial charge is 0.497 e. The fourth-order valence-electron chi connectivity index (χ4n) is 3.23. The maximum atomic E-state index is 5.30. The van der Waals surface area contributed by atoms with E-state index in [1.165, 1.54) is 17.7 Å². The van der Waals surface area contributed by atoms with E-state index in [1.807, 2.05) is 0 Å². The van der Waals surface area contributed by atoms with Crippen LogP contribution in [0, 0.1) is 0 Å². The summed E-state index contributed by atoms with van der Waals surface area (Å²) < 4.78 is 5.30. The van der Waals surface area contributed by atoms with Crippen LogP contribution in [0.2, 0.25) is 0 Å². The Hall–Kier alpha value is -1.22. The van der Waals surface area contributed by atoms with Gasteiger partial charge in [0, 0.05) is 24.2 Å². The molecule has 2 atom stereocenters. The van der Waals surface area contributed by atoms with Crippen LogP contribution in [0.4, 0.5) is 5.69 Å². The molecule has 1 N–H and O–H groups in total. The van der Waals surface area contributed by atoms with Crippen molar-refractivity contribution in [2.24, 2.45) is 0 Å². The summed E-state index contributed by atoms with van der Waals surface area (Å²) >= 11 is 0. The van der Waals surface area contributed by atoms with Crippen LogP contribution in [0.5, 0.6) is 5.75 Å². The van der Waals surface area contributed by atoms with Gasteiger partial charge in [-0.2, -0.15) is 0 Å². The smallest absolute Gasteiger partial charge is 0.120 e. The van der Waals surface area contributed by atoms with Gasteiger partial charge in [-0.1, -0.05) is 13.0 Å². The lowest BCUT2D eigenvalue weighted by molar-refractivity contribution is 0.414. The molecular formula is C13H18N2O. The first-order valence-electron chi connectivity index (χ1n) is 5.81. The lowest BCUT2D eigenvalue weighted by atomic mass is 9.81. The minimum absolute atomic E-state index is 0.260. The second-order valence-corrected chi connectivity index (χ2v) is 5.02. The third-order valence-electron chi connectivity index (χ3n) is 4.17. The Morgan fingerprint density at radius 2 is 2.31 bits per heavy atom. The number of hydrogen-bond donors (Lipinski definition) is 1. The van der Waals surface area contributed by atoms with Crippen molar-refractivity contribution in [3.8, 4) is 5.75 Å². The SMILES string of the molecule is COc1ccc2c(c1)N(C)[C@@H]1NCC[C@]21C. The van der Waals surface area contributed by atoms with Crippen LogP contribution in [-0.4, -0.2) is 26.9 Å². The van der Waals surface area contributed by atoms with Gasteiger partial charge in [0.05, 0.1) is 13.3 Å². The molecule has 1 aromatic carbocycles. The summed E-state index contributed by atoms with van der Waals surface area (Å²) in [4.78, 5) is 2.34. The van der Waals surface area contributed by atoms with Gasteiger partial charge in [0.25, 0.3) is 0 Å². The van der Waals surface area contributed by atoms with E-state index in [2.05, 4.69) is 42.4 Å². The van der Waals surface area contributed by atoms with Gasteiger partial charge in [0.15, 0.2) is 0 Å². The van der Waals surface area contributed by atoms with Gasteiger partial charge < -0.3 is 9.64 Å². The molecule has 3 heteroatoms. The Morgan fingerprint density at radius 3 is 3.06 bits per heavy atom. The Balaban J connectivity index is 2.14. The summed E-state index contributed by atoms with van der Waals surface area (Å²) in [7, 11) is 3.88. The predicted octanol–water partition coefficient (Wildman–Crippen LogP) is 1.72. The molecule has 1 aromatic rings. The van der Waals surface area contributed by atoms with Gasteiger partial charge in [0.1, 0.15) is 5.75 Å². The molecule has 2 heterocycles. The number of rotatable bonds is 1. The quantitative estimate of drug-likeness (QED) is 0.777. The number of methoxy groups -OCH3 is 1. The zero-order valence-corrected chi connectivity index (χ0v) is 10.1.